The number of amides is 3. The average molecular weight is 354 g/mol. The highest BCUT2D eigenvalue weighted by atomic mass is 16.5. The molecule has 0 aliphatic carbocycles. The van der Waals surface area contributed by atoms with Gasteiger partial charge in [-0.15, -0.1) is 0 Å². The van der Waals surface area contributed by atoms with Gasteiger partial charge in [0.15, 0.2) is 0 Å². The van der Waals surface area contributed by atoms with Gasteiger partial charge in [0.05, 0.1) is 13.7 Å². The van der Waals surface area contributed by atoms with Crippen molar-refractivity contribution in [1.29, 1.82) is 0 Å². The molecule has 1 N–H and O–H groups in total. The lowest BCUT2D eigenvalue weighted by molar-refractivity contribution is -0.131. The second kappa shape index (κ2) is 7.07. The summed E-state index contributed by atoms with van der Waals surface area (Å²) in [5, 5.41) is 2.78. The molecule has 6 nitrogen and oxygen atoms in total. The fraction of sp³-hybridized carbons (Fsp3) is 0.300. The fourth-order valence-corrected chi connectivity index (χ4v) is 2.91. The Labute approximate surface area is 152 Å². The lowest BCUT2D eigenvalue weighted by atomic mass is 9.92. The molecule has 2 aromatic carbocycles. The van der Waals surface area contributed by atoms with Crippen molar-refractivity contribution in [3.8, 4) is 11.5 Å². The van der Waals surface area contributed by atoms with Crippen molar-refractivity contribution in [3.63, 3.8) is 0 Å². The first-order valence-electron chi connectivity index (χ1n) is 8.42. The molecule has 0 spiro atoms. The molecule has 1 unspecified atom stereocenters. The minimum absolute atomic E-state index is 0.185. The van der Waals surface area contributed by atoms with Crippen LogP contribution in [-0.4, -0.2) is 37.1 Å². The van der Waals surface area contributed by atoms with Gasteiger partial charge in [-0.1, -0.05) is 29.8 Å². The van der Waals surface area contributed by atoms with Crippen LogP contribution in [-0.2, 0) is 10.3 Å². The van der Waals surface area contributed by atoms with E-state index < -0.39 is 11.6 Å². The number of ether oxygens (including phenoxy) is 2. The van der Waals surface area contributed by atoms with E-state index in [1.54, 1.807) is 38.3 Å². The van der Waals surface area contributed by atoms with Crippen molar-refractivity contribution in [3.05, 3.63) is 59.7 Å². The minimum atomic E-state index is -1.09. The molecule has 1 heterocycles. The van der Waals surface area contributed by atoms with Crippen LogP contribution < -0.4 is 14.8 Å². The maximum Gasteiger partial charge on any atom is 0.325 e. The van der Waals surface area contributed by atoms with Crippen LogP contribution in [0.2, 0.25) is 0 Å². The maximum absolute atomic E-state index is 12.8. The number of hydrogen-bond acceptors (Lipinski definition) is 4. The largest absolute Gasteiger partial charge is 0.497 e. The number of nitrogens with one attached hydrogen (secondary N) is 1. The normalized spacial score (nSPS) is 19.4. The zero-order chi connectivity index (χ0) is 18.7. The number of carbonyl (C=O) groups excluding carboxylic acids is 2. The molecule has 1 aliphatic rings. The average Bonchev–Trinajstić information content (AvgIpc) is 2.87. The smallest absolute Gasteiger partial charge is 0.325 e. The SMILES string of the molecule is COc1ccc(C2(C)NC(=O)N(CCOc3ccc(C)cc3)C2=O)cc1. The number of methoxy groups -OCH3 is 1. The minimum Gasteiger partial charge on any atom is -0.497 e. The molecule has 26 heavy (non-hydrogen) atoms. The quantitative estimate of drug-likeness (QED) is 0.810. The van der Waals surface area contributed by atoms with Gasteiger partial charge in [-0.3, -0.25) is 9.69 Å². The summed E-state index contributed by atoms with van der Waals surface area (Å²) in [6, 6.07) is 14.3. The molecule has 2 aromatic rings. The van der Waals surface area contributed by atoms with Gasteiger partial charge >= 0.3 is 6.03 Å². The van der Waals surface area contributed by atoms with Crippen LogP contribution in [0.5, 0.6) is 11.5 Å². The Hall–Kier alpha value is -3.02. The number of carbonyl (C=O) groups is 2. The van der Waals surface area contributed by atoms with Crippen LogP contribution in [0.25, 0.3) is 0 Å². The first-order chi connectivity index (χ1) is 12.4. The first kappa shape index (κ1) is 17.8. The second-order valence-electron chi connectivity index (χ2n) is 6.40. The summed E-state index contributed by atoms with van der Waals surface area (Å²) in [7, 11) is 1.58. The molecule has 1 saturated heterocycles. The van der Waals surface area contributed by atoms with E-state index in [-0.39, 0.29) is 19.1 Å². The van der Waals surface area contributed by atoms with E-state index in [4.69, 9.17) is 9.47 Å². The predicted octanol–water partition coefficient (Wildman–Crippen LogP) is 2.85. The Kier molecular flexibility index (Phi) is 4.84. The first-order valence-corrected chi connectivity index (χ1v) is 8.42. The van der Waals surface area contributed by atoms with Crippen LogP contribution in [0.3, 0.4) is 0 Å². The lowest BCUT2D eigenvalue weighted by Crippen LogP contribution is -2.41. The molecule has 1 atom stereocenters. The van der Waals surface area contributed by atoms with E-state index in [0.29, 0.717) is 17.1 Å². The van der Waals surface area contributed by atoms with Crippen LogP contribution in [0.4, 0.5) is 4.79 Å². The van der Waals surface area contributed by atoms with Gasteiger partial charge in [0, 0.05) is 0 Å². The Balaban J connectivity index is 1.66. The van der Waals surface area contributed by atoms with Crippen LogP contribution >= 0.6 is 0 Å². The standard InChI is InChI=1S/C20H22N2O4/c1-14-4-8-17(9-5-14)26-13-12-22-18(23)20(2,21-19(22)24)15-6-10-16(25-3)11-7-15/h4-11H,12-13H2,1-3H3,(H,21,24). The van der Waals surface area contributed by atoms with Gasteiger partial charge in [0.2, 0.25) is 0 Å². The lowest BCUT2D eigenvalue weighted by Gasteiger charge is -2.22. The molecular formula is C20H22N2O4. The molecule has 1 aliphatic heterocycles. The molecule has 3 amide bonds. The van der Waals surface area contributed by atoms with Crippen molar-refractivity contribution >= 4 is 11.9 Å². The molecule has 0 aromatic heterocycles. The zero-order valence-electron chi connectivity index (χ0n) is 15.1. The molecular weight excluding hydrogens is 332 g/mol. The highest BCUT2D eigenvalue weighted by Crippen LogP contribution is 2.29. The molecule has 0 saturated carbocycles. The summed E-state index contributed by atoms with van der Waals surface area (Å²) in [4.78, 5) is 26.3. The van der Waals surface area contributed by atoms with Crippen LogP contribution in [0.1, 0.15) is 18.1 Å². The van der Waals surface area contributed by atoms with Crippen LogP contribution in [0.15, 0.2) is 48.5 Å². The van der Waals surface area contributed by atoms with Gasteiger partial charge < -0.3 is 14.8 Å². The van der Waals surface area contributed by atoms with Crippen molar-refractivity contribution in [2.75, 3.05) is 20.3 Å². The number of aryl methyl sites for hydroxylation is 1. The monoisotopic (exact) mass is 354 g/mol. The Morgan fingerprint density at radius 3 is 2.23 bits per heavy atom. The maximum atomic E-state index is 12.8. The van der Waals surface area contributed by atoms with Gasteiger partial charge in [0.1, 0.15) is 23.6 Å². The number of urea groups is 1. The highest BCUT2D eigenvalue weighted by Gasteiger charge is 2.48. The molecule has 1 fully saturated rings. The number of benzene rings is 2. The number of imide groups is 1. The Bertz CT molecular complexity index is 802. The fourth-order valence-electron chi connectivity index (χ4n) is 2.91. The van der Waals surface area contributed by atoms with E-state index in [2.05, 4.69) is 5.32 Å². The zero-order valence-corrected chi connectivity index (χ0v) is 15.1. The number of rotatable bonds is 6. The van der Waals surface area contributed by atoms with E-state index in [0.717, 1.165) is 5.56 Å². The van der Waals surface area contributed by atoms with Gasteiger partial charge in [0.25, 0.3) is 5.91 Å². The summed E-state index contributed by atoms with van der Waals surface area (Å²) >= 11 is 0. The topological polar surface area (TPSA) is 67.9 Å². The Morgan fingerprint density at radius 2 is 1.62 bits per heavy atom. The summed E-state index contributed by atoms with van der Waals surface area (Å²) in [6.45, 7) is 4.12. The van der Waals surface area contributed by atoms with Gasteiger partial charge in [-0.05, 0) is 43.7 Å². The molecule has 6 heteroatoms. The summed E-state index contributed by atoms with van der Waals surface area (Å²) in [6.07, 6.45) is 0. The van der Waals surface area contributed by atoms with E-state index in [9.17, 15) is 9.59 Å². The van der Waals surface area contributed by atoms with Gasteiger partial charge in [-0.2, -0.15) is 0 Å². The van der Waals surface area contributed by atoms with Crippen molar-refractivity contribution in [2.45, 2.75) is 19.4 Å². The third-order valence-electron chi connectivity index (χ3n) is 4.55. The Morgan fingerprint density at radius 1 is 1.00 bits per heavy atom. The molecule has 136 valence electrons. The summed E-state index contributed by atoms with van der Waals surface area (Å²) in [5.41, 5.74) is 0.757. The highest BCUT2D eigenvalue weighted by molar-refractivity contribution is 6.07. The number of nitrogens with zero attached hydrogens (tertiary/aromatic N) is 1. The van der Waals surface area contributed by atoms with Crippen LogP contribution in [0, 0.1) is 6.92 Å². The third-order valence-corrected chi connectivity index (χ3v) is 4.55. The van der Waals surface area contributed by atoms with Crippen molar-refractivity contribution < 1.29 is 19.1 Å². The molecule has 3 rings (SSSR count). The summed E-state index contributed by atoms with van der Waals surface area (Å²) < 4.78 is 10.8. The molecule has 0 radical (unpaired) electrons. The van der Waals surface area contributed by atoms with E-state index in [1.807, 2.05) is 31.2 Å². The van der Waals surface area contributed by atoms with Crippen molar-refractivity contribution in [2.24, 2.45) is 0 Å². The molecule has 0 bridgehead atoms. The third kappa shape index (κ3) is 3.35. The van der Waals surface area contributed by atoms with E-state index in [1.165, 1.54) is 4.90 Å². The van der Waals surface area contributed by atoms with Gasteiger partial charge in [-0.25, -0.2) is 4.79 Å². The number of hydrogen-bond donors (Lipinski definition) is 1. The predicted molar refractivity (Wildman–Crippen MR) is 97.3 cm³/mol. The van der Waals surface area contributed by atoms with Crippen molar-refractivity contribution in [1.82, 2.24) is 10.2 Å². The van der Waals surface area contributed by atoms with E-state index >= 15 is 0 Å². The summed E-state index contributed by atoms with van der Waals surface area (Å²) in [5.74, 6) is 1.11. The second-order valence-corrected chi connectivity index (χ2v) is 6.40.